The van der Waals surface area contributed by atoms with Crippen LogP contribution in [-0.4, -0.2) is 47.7 Å². The second-order valence-electron chi connectivity index (χ2n) is 6.13. The highest BCUT2D eigenvalue weighted by Crippen LogP contribution is 2.31. The van der Waals surface area contributed by atoms with Crippen LogP contribution < -0.4 is 5.32 Å². The zero-order valence-electron chi connectivity index (χ0n) is 12.2. The van der Waals surface area contributed by atoms with Gasteiger partial charge in [0.2, 0.25) is 5.91 Å². The van der Waals surface area contributed by atoms with Gasteiger partial charge in [-0.1, -0.05) is 19.8 Å². The molecule has 18 heavy (non-hydrogen) atoms. The fraction of sp³-hybridized carbons (Fsp3) is 0.929. The third kappa shape index (κ3) is 4.58. The van der Waals surface area contributed by atoms with E-state index in [0.717, 1.165) is 19.3 Å². The topological polar surface area (TPSA) is 52.6 Å². The summed E-state index contributed by atoms with van der Waals surface area (Å²) in [6.07, 6.45) is 3.98. The van der Waals surface area contributed by atoms with E-state index in [1.54, 1.807) is 4.90 Å². The smallest absolute Gasteiger partial charge is 0.236 e. The Morgan fingerprint density at radius 1 is 1.56 bits per heavy atom. The molecule has 1 saturated carbocycles. The number of aliphatic hydroxyl groups is 1. The number of amides is 1. The quantitative estimate of drug-likeness (QED) is 0.781. The number of nitrogens with one attached hydrogen (secondary N) is 1. The van der Waals surface area contributed by atoms with E-state index >= 15 is 0 Å². The summed E-state index contributed by atoms with van der Waals surface area (Å²) in [6.45, 7) is 7.00. The summed E-state index contributed by atoms with van der Waals surface area (Å²) in [5, 5.41) is 13.5. The van der Waals surface area contributed by atoms with Gasteiger partial charge in [-0.15, -0.1) is 0 Å². The van der Waals surface area contributed by atoms with Crippen molar-refractivity contribution in [2.75, 3.05) is 20.1 Å². The van der Waals surface area contributed by atoms with Gasteiger partial charge in [-0.05, 0) is 32.6 Å². The van der Waals surface area contributed by atoms with Crippen molar-refractivity contribution in [3.05, 3.63) is 0 Å². The predicted octanol–water partition coefficient (Wildman–Crippen LogP) is 1.38. The molecule has 0 aromatic heterocycles. The van der Waals surface area contributed by atoms with Gasteiger partial charge >= 0.3 is 0 Å². The average molecular weight is 256 g/mol. The van der Waals surface area contributed by atoms with Gasteiger partial charge in [0.25, 0.3) is 0 Å². The monoisotopic (exact) mass is 256 g/mol. The molecule has 4 heteroatoms. The van der Waals surface area contributed by atoms with Gasteiger partial charge in [-0.2, -0.15) is 0 Å². The SMILES string of the molecule is CC1CCCC(O)(CNCC(=O)N(C)C(C)C)C1. The Morgan fingerprint density at radius 3 is 2.78 bits per heavy atom. The lowest BCUT2D eigenvalue weighted by Crippen LogP contribution is -2.47. The van der Waals surface area contributed by atoms with Crippen molar-refractivity contribution in [3.63, 3.8) is 0 Å². The number of carbonyl (C=O) groups excluding carboxylic acids is 1. The van der Waals surface area contributed by atoms with Crippen molar-refractivity contribution in [1.82, 2.24) is 10.2 Å². The highest BCUT2D eigenvalue weighted by atomic mass is 16.3. The first-order valence-corrected chi connectivity index (χ1v) is 7.03. The predicted molar refractivity (Wildman–Crippen MR) is 73.4 cm³/mol. The van der Waals surface area contributed by atoms with Gasteiger partial charge in [-0.3, -0.25) is 4.79 Å². The first kappa shape index (κ1) is 15.4. The van der Waals surface area contributed by atoms with E-state index < -0.39 is 5.60 Å². The molecule has 0 aliphatic heterocycles. The maximum Gasteiger partial charge on any atom is 0.236 e. The number of likely N-dealkylation sites (N-methyl/N-ethyl adjacent to an activating group) is 1. The average Bonchev–Trinajstić information content (AvgIpc) is 2.27. The molecule has 0 aromatic carbocycles. The van der Waals surface area contributed by atoms with E-state index in [2.05, 4.69) is 12.2 Å². The fourth-order valence-electron chi connectivity index (χ4n) is 2.61. The Bertz CT molecular complexity index is 281. The lowest BCUT2D eigenvalue weighted by atomic mass is 9.79. The number of nitrogens with zero attached hydrogens (tertiary/aromatic N) is 1. The van der Waals surface area contributed by atoms with E-state index in [4.69, 9.17) is 0 Å². The third-order valence-corrected chi connectivity index (χ3v) is 3.97. The van der Waals surface area contributed by atoms with Crippen LogP contribution in [0.3, 0.4) is 0 Å². The van der Waals surface area contributed by atoms with Crippen molar-refractivity contribution >= 4 is 5.91 Å². The molecule has 106 valence electrons. The largest absolute Gasteiger partial charge is 0.389 e. The van der Waals surface area contributed by atoms with Gasteiger partial charge in [0.1, 0.15) is 0 Å². The van der Waals surface area contributed by atoms with Crippen LogP contribution in [0.15, 0.2) is 0 Å². The van der Waals surface area contributed by atoms with Gasteiger partial charge in [0.15, 0.2) is 0 Å². The Labute approximate surface area is 111 Å². The number of hydrogen-bond acceptors (Lipinski definition) is 3. The first-order valence-electron chi connectivity index (χ1n) is 7.03. The van der Waals surface area contributed by atoms with Crippen LogP contribution in [0.1, 0.15) is 46.5 Å². The molecular formula is C14H28N2O2. The van der Waals surface area contributed by atoms with E-state index in [9.17, 15) is 9.90 Å². The Hall–Kier alpha value is -0.610. The Balaban J connectivity index is 2.30. The first-order chi connectivity index (χ1) is 8.34. The molecule has 0 saturated heterocycles. The molecule has 2 atom stereocenters. The van der Waals surface area contributed by atoms with Crippen molar-refractivity contribution in [1.29, 1.82) is 0 Å². The molecule has 1 amide bonds. The highest BCUT2D eigenvalue weighted by Gasteiger charge is 2.32. The van der Waals surface area contributed by atoms with Crippen LogP contribution in [0.5, 0.6) is 0 Å². The summed E-state index contributed by atoms with van der Waals surface area (Å²) >= 11 is 0. The lowest BCUT2D eigenvalue weighted by Gasteiger charge is -2.35. The maximum absolute atomic E-state index is 11.8. The fourth-order valence-corrected chi connectivity index (χ4v) is 2.61. The summed E-state index contributed by atoms with van der Waals surface area (Å²) in [7, 11) is 1.81. The number of rotatable bonds is 5. The molecular weight excluding hydrogens is 228 g/mol. The van der Waals surface area contributed by atoms with Gasteiger partial charge < -0.3 is 15.3 Å². The summed E-state index contributed by atoms with van der Waals surface area (Å²) in [6, 6.07) is 0.220. The molecule has 2 unspecified atom stereocenters. The molecule has 0 heterocycles. The number of carbonyl (C=O) groups is 1. The minimum Gasteiger partial charge on any atom is -0.389 e. The normalized spacial score (nSPS) is 28.4. The van der Waals surface area contributed by atoms with Crippen molar-refractivity contribution in [3.8, 4) is 0 Å². The lowest BCUT2D eigenvalue weighted by molar-refractivity contribution is -0.130. The van der Waals surface area contributed by atoms with E-state index in [0.29, 0.717) is 19.0 Å². The molecule has 0 spiro atoms. The third-order valence-electron chi connectivity index (χ3n) is 3.97. The van der Waals surface area contributed by atoms with Crippen LogP contribution >= 0.6 is 0 Å². The van der Waals surface area contributed by atoms with Crippen molar-refractivity contribution in [2.45, 2.75) is 58.1 Å². The maximum atomic E-state index is 11.8. The molecule has 4 nitrogen and oxygen atoms in total. The van der Waals surface area contributed by atoms with Gasteiger partial charge in [0, 0.05) is 19.6 Å². The summed E-state index contributed by atoms with van der Waals surface area (Å²) in [4.78, 5) is 13.5. The van der Waals surface area contributed by atoms with Crippen LogP contribution in [0.4, 0.5) is 0 Å². The van der Waals surface area contributed by atoms with E-state index in [1.165, 1.54) is 6.42 Å². The molecule has 1 aliphatic carbocycles. The molecule has 0 bridgehead atoms. The summed E-state index contributed by atoms with van der Waals surface area (Å²) < 4.78 is 0. The van der Waals surface area contributed by atoms with Crippen LogP contribution in [0.25, 0.3) is 0 Å². The molecule has 0 aromatic rings. The van der Waals surface area contributed by atoms with Crippen LogP contribution in [0, 0.1) is 5.92 Å². The van der Waals surface area contributed by atoms with Crippen molar-refractivity contribution in [2.24, 2.45) is 5.92 Å². The summed E-state index contributed by atoms with van der Waals surface area (Å²) in [5.74, 6) is 0.664. The van der Waals surface area contributed by atoms with Crippen LogP contribution in [-0.2, 0) is 4.79 Å². The van der Waals surface area contributed by atoms with Gasteiger partial charge in [-0.25, -0.2) is 0 Å². The molecule has 1 rings (SSSR count). The van der Waals surface area contributed by atoms with Crippen molar-refractivity contribution < 1.29 is 9.90 Å². The molecule has 1 fully saturated rings. The van der Waals surface area contributed by atoms with Crippen LogP contribution in [0.2, 0.25) is 0 Å². The summed E-state index contributed by atoms with van der Waals surface area (Å²) in [5.41, 5.74) is -0.617. The zero-order valence-corrected chi connectivity index (χ0v) is 12.2. The second-order valence-corrected chi connectivity index (χ2v) is 6.13. The second kappa shape index (κ2) is 6.53. The number of hydrogen-bond donors (Lipinski definition) is 2. The Morgan fingerprint density at radius 2 is 2.22 bits per heavy atom. The molecule has 0 radical (unpaired) electrons. The minimum atomic E-state index is -0.617. The van der Waals surface area contributed by atoms with E-state index in [1.807, 2.05) is 20.9 Å². The van der Waals surface area contributed by atoms with E-state index in [-0.39, 0.29) is 11.9 Å². The zero-order chi connectivity index (χ0) is 13.8. The molecule has 2 N–H and O–H groups in total. The standard InChI is InChI=1S/C14H28N2O2/c1-11(2)16(4)13(17)9-15-10-14(18)7-5-6-12(3)8-14/h11-12,15,18H,5-10H2,1-4H3. The molecule has 1 aliphatic rings. The Kier molecular flexibility index (Phi) is 5.60. The van der Waals surface area contributed by atoms with Gasteiger partial charge in [0.05, 0.1) is 12.1 Å². The minimum absolute atomic E-state index is 0.0810. The highest BCUT2D eigenvalue weighted by molar-refractivity contribution is 5.78.